The Hall–Kier alpha value is -3.18. The predicted octanol–water partition coefficient (Wildman–Crippen LogP) is 3.12. The number of nitrogens with zero attached hydrogens (tertiary/aromatic N) is 5. The Morgan fingerprint density at radius 3 is 2.19 bits per heavy atom. The molecule has 2 amide bonds. The van der Waals surface area contributed by atoms with Gasteiger partial charge in [-0.25, -0.2) is 13.9 Å². The molecule has 2 aromatic rings. The summed E-state index contributed by atoms with van der Waals surface area (Å²) in [6, 6.07) is 4.38. The quantitative estimate of drug-likeness (QED) is 0.667. The van der Waals surface area contributed by atoms with Gasteiger partial charge in [-0.15, -0.1) is 5.10 Å². The Kier molecular flexibility index (Phi) is 5.92. The van der Waals surface area contributed by atoms with Crippen molar-refractivity contribution in [3.63, 3.8) is 0 Å². The van der Waals surface area contributed by atoms with Gasteiger partial charge in [0.15, 0.2) is 11.4 Å². The second-order valence-corrected chi connectivity index (χ2v) is 7.94. The van der Waals surface area contributed by atoms with Crippen molar-refractivity contribution in [2.75, 3.05) is 26.2 Å². The monoisotopic (exact) mass is 443 g/mol. The highest BCUT2D eigenvalue weighted by Gasteiger charge is 2.43. The lowest BCUT2D eigenvalue weighted by molar-refractivity contribution is -0.143. The molecule has 12 heteroatoms. The number of halogens is 4. The van der Waals surface area contributed by atoms with Gasteiger partial charge in [0.1, 0.15) is 11.4 Å². The summed E-state index contributed by atoms with van der Waals surface area (Å²) in [6.45, 7) is 5.34. The minimum absolute atomic E-state index is 0.00218. The van der Waals surface area contributed by atoms with Crippen LogP contribution in [0, 0.1) is 5.82 Å². The van der Waals surface area contributed by atoms with Crippen molar-refractivity contribution in [1.29, 1.82) is 0 Å². The van der Waals surface area contributed by atoms with Crippen molar-refractivity contribution in [3.8, 4) is 5.69 Å². The Balaban J connectivity index is 1.81. The van der Waals surface area contributed by atoms with Gasteiger partial charge in [-0.1, -0.05) is 11.3 Å². The summed E-state index contributed by atoms with van der Waals surface area (Å²) >= 11 is 0. The Labute approximate surface area is 175 Å². The van der Waals surface area contributed by atoms with Crippen molar-refractivity contribution in [2.24, 2.45) is 0 Å². The number of hydrogen-bond donors (Lipinski definition) is 0. The maximum atomic E-state index is 13.7. The summed E-state index contributed by atoms with van der Waals surface area (Å²) in [6.07, 6.45) is -5.52. The fourth-order valence-corrected chi connectivity index (χ4v) is 3.04. The number of piperazine rings is 1. The molecule has 8 nitrogen and oxygen atoms in total. The molecule has 0 N–H and O–H groups in total. The third-order valence-electron chi connectivity index (χ3n) is 4.41. The Morgan fingerprint density at radius 1 is 1.03 bits per heavy atom. The van der Waals surface area contributed by atoms with Crippen LogP contribution < -0.4 is 0 Å². The van der Waals surface area contributed by atoms with Crippen LogP contribution in [0.2, 0.25) is 0 Å². The van der Waals surface area contributed by atoms with Gasteiger partial charge in [-0.2, -0.15) is 13.2 Å². The van der Waals surface area contributed by atoms with Crippen LogP contribution in [-0.2, 0) is 10.9 Å². The minimum atomic E-state index is -4.96. The lowest BCUT2D eigenvalue weighted by atomic mass is 10.2. The average molecular weight is 443 g/mol. The molecule has 1 aromatic heterocycles. The molecule has 1 fully saturated rings. The van der Waals surface area contributed by atoms with E-state index >= 15 is 0 Å². The molecule has 0 saturated carbocycles. The van der Waals surface area contributed by atoms with Crippen LogP contribution >= 0.6 is 0 Å². The van der Waals surface area contributed by atoms with Gasteiger partial charge in [-0.05, 0) is 39.0 Å². The van der Waals surface area contributed by atoms with Gasteiger partial charge in [0.25, 0.3) is 5.91 Å². The van der Waals surface area contributed by atoms with Crippen LogP contribution in [0.3, 0.4) is 0 Å². The zero-order chi connectivity index (χ0) is 23.0. The molecule has 2 heterocycles. The van der Waals surface area contributed by atoms with Crippen molar-refractivity contribution in [2.45, 2.75) is 32.5 Å². The highest BCUT2D eigenvalue weighted by Crippen LogP contribution is 2.33. The largest absolute Gasteiger partial charge is 0.444 e. The first-order valence-corrected chi connectivity index (χ1v) is 9.43. The van der Waals surface area contributed by atoms with Gasteiger partial charge >= 0.3 is 12.3 Å². The minimum Gasteiger partial charge on any atom is -0.444 e. The molecule has 1 aliphatic heterocycles. The van der Waals surface area contributed by atoms with Crippen LogP contribution in [0.4, 0.5) is 22.4 Å². The maximum Gasteiger partial charge on any atom is 0.435 e. The van der Waals surface area contributed by atoms with E-state index in [0.29, 0.717) is 4.68 Å². The fraction of sp³-hybridized carbons (Fsp3) is 0.474. The first kappa shape index (κ1) is 22.5. The maximum absolute atomic E-state index is 13.7. The normalized spacial score (nSPS) is 15.2. The summed E-state index contributed by atoms with van der Waals surface area (Å²) < 4.78 is 60.4. The number of aromatic nitrogens is 3. The van der Waals surface area contributed by atoms with Crippen LogP contribution in [0.1, 0.15) is 37.0 Å². The molecule has 0 aliphatic carbocycles. The molecule has 0 radical (unpaired) electrons. The van der Waals surface area contributed by atoms with Gasteiger partial charge in [0.2, 0.25) is 0 Å². The number of benzene rings is 1. The van der Waals surface area contributed by atoms with E-state index in [9.17, 15) is 27.2 Å². The van der Waals surface area contributed by atoms with Crippen LogP contribution in [0.25, 0.3) is 5.69 Å². The van der Waals surface area contributed by atoms with E-state index in [2.05, 4.69) is 10.3 Å². The molecule has 0 unspecified atom stereocenters. The van der Waals surface area contributed by atoms with Crippen LogP contribution in [-0.4, -0.2) is 68.6 Å². The summed E-state index contributed by atoms with van der Waals surface area (Å²) in [4.78, 5) is 27.5. The molecule has 1 aromatic carbocycles. The van der Waals surface area contributed by atoms with Crippen LogP contribution in [0.5, 0.6) is 0 Å². The van der Waals surface area contributed by atoms with E-state index in [4.69, 9.17) is 4.74 Å². The average Bonchev–Trinajstić information content (AvgIpc) is 3.12. The Bertz CT molecular complexity index is 976. The SMILES string of the molecule is CC(C)(C)OC(=O)N1CCN(C(=O)c2nnn(-c3cccc(F)c3)c2C(F)(F)F)CC1. The number of alkyl halides is 3. The standard InChI is InChI=1S/C19H21F4N5O3/c1-18(2,3)31-17(30)27-9-7-26(8-10-27)16(29)14-15(19(21,22)23)28(25-24-14)13-6-4-5-12(20)11-13/h4-6,11H,7-10H2,1-3H3. The highest BCUT2D eigenvalue weighted by molar-refractivity contribution is 5.93. The highest BCUT2D eigenvalue weighted by atomic mass is 19.4. The number of rotatable bonds is 2. The van der Waals surface area contributed by atoms with Crippen LogP contribution in [0.15, 0.2) is 24.3 Å². The Morgan fingerprint density at radius 2 is 1.65 bits per heavy atom. The molecular weight excluding hydrogens is 422 g/mol. The predicted molar refractivity (Wildman–Crippen MR) is 100 cm³/mol. The topological polar surface area (TPSA) is 80.6 Å². The van der Waals surface area contributed by atoms with E-state index < -0.39 is 41.0 Å². The van der Waals surface area contributed by atoms with Crippen molar-refractivity contribution < 1.29 is 31.9 Å². The smallest absolute Gasteiger partial charge is 0.435 e. The summed E-state index contributed by atoms with van der Waals surface area (Å²) in [5.41, 5.74) is -3.19. The molecule has 3 rings (SSSR count). The number of ether oxygens (including phenoxy) is 1. The zero-order valence-corrected chi connectivity index (χ0v) is 17.1. The molecule has 31 heavy (non-hydrogen) atoms. The summed E-state index contributed by atoms with van der Waals surface area (Å²) in [5.74, 6) is -1.73. The van der Waals surface area contributed by atoms with E-state index in [1.165, 1.54) is 17.0 Å². The van der Waals surface area contributed by atoms with E-state index in [1.807, 2.05) is 0 Å². The molecular formula is C19H21F4N5O3. The molecule has 0 bridgehead atoms. The van der Waals surface area contributed by atoms with Crippen molar-refractivity contribution in [1.82, 2.24) is 24.8 Å². The number of amides is 2. The van der Waals surface area contributed by atoms with Crippen molar-refractivity contribution >= 4 is 12.0 Å². The summed E-state index contributed by atoms with van der Waals surface area (Å²) in [5, 5.41) is 6.88. The fourth-order valence-electron chi connectivity index (χ4n) is 3.04. The lowest BCUT2D eigenvalue weighted by Crippen LogP contribution is -2.51. The first-order chi connectivity index (χ1) is 14.4. The molecule has 0 atom stereocenters. The lowest BCUT2D eigenvalue weighted by Gasteiger charge is -2.35. The molecule has 1 aliphatic rings. The second-order valence-electron chi connectivity index (χ2n) is 7.94. The molecule has 1 saturated heterocycles. The van der Waals surface area contributed by atoms with E-state index in [0.717, 1.165) is 17.0 Å². The molecule has 0 spiro atoms. The number of carbonyl (C=O) groups is 2. The molecule has 168 valence electrons. The van der Waals surface area contributed by atoms with E-state index in [-0.39, 0.29) is 31.9 Å². The number of carbonyl (C=O) groups excluding carboxylic acids is 2. The second kappa shape index (κ2) is 8.16. The third kappa shape index (κ3) is 5.12. The zero-order valence-electron chi connectivity index (χ0n) is 17.1. The summed E-state index contributed by atoms with van der Waals surface area (Å²) in [7, 11) is 0. The van der Waals surface area contributed by atoms with Gasteiger partial charge in [-0.3, -0.25) is 4.79 Å². The van der Waals surface area contributed by atoms with Gasteiger partial charge in [0.05, 0.1) is 5.69 Å². The van der Waals surface area contributed by atoms with Gasteiger partial charge in [0, 0.05) is 26.2 Å². The van der Waals surface area contributed by atoms with E-state index in [1.54, 1.807) is 20.8 Å². The van der Waals surface area contributed by atoms with Gasteiger partial charge < -0.3 is 14.5 Å². The number of hydrogen-bond acceptors (Lipinski definition) is 5. The van der Waals surface area contributed by atoms with Crippen molar-refractivity contribution in [3.05, 3.63) is 41.5 Å². The third-order valence-corrected chi connectivity index (χ3v) is 4.41. The first-order valence-electron chi connectivity index (χ1n) is 9.43.